The zero-order chi connectivity index (χ0) is 29.4. The lowest BCUT2D eigenvalue weighted by molar-refractivity contribution is -0.130. The SMILES string of the molecule is CCOc1ncccc1C(=O)N1CCOc2cc(ccc2OC)-c2nccn2CCNC(=O)[C@@H](C(C)C)NC(=O)C1. The fourth-order valence-electron chi connectivity index (χ4n) is 4.51. The minimum absolute atomic E-state index is 0.0611. The van der Waals surface area contributed by atoms with E-state index in [1.54, 1.807) is 38.4 Å². The molecule has 0 spiro atoms. The summed E-state index contributed by atoms with van der Waals surface area (Å²) in [6.07, 6.45) is 5.06. The molecule has 0 aliphatic carbocycles. The van der Waals surface area contributed by atoms with Crippen LogP contribution in [0.15, 0.2) is 48.9 Å². The smallest absolute Gasteiger partial charge is 0.259 e. The summed E-state index contributed by atoms with van der Waals surface area (Å²) in [7, 11) is 1.55. The van der Waals surface area contributed by atoms with E-state index < -0.39 is 17.9 Å². The van der Waals surface area contributed by atoms with Gasteiger partial charge in [0.15, 0.2) is 11.5 Å². The highest BCUT2D eigenvalue weighted by Gasteiger charge is 2.28. The molecule has 1 atom stereocenters. The number of aromatic nitrogens is 3. The number of ether oxygens (including phenoxy) is 3. The molecule has 41 heavy (non-hydrogen) atoms. The van der Waals surface area contributed by atoms with E-state index in [9.17, 15) is 14.4 Å². The van der Waals surface area contributed by atoms with Gasteiger partial charge in [-0.3, -0.25) is 14.4 Å². The lowest BCUT2D eigenvalue weighted by Crippen LogP contribution is -2.53. The standard InChI is InChI=1S/C29H36N6O6/c1-5-40-28-21(7-6-10-32-28)29(38)35-15-16-41-23-17-20(8-9-22(23)39-4)26-30-11-13-34(26)14-12-31-27(37)25(19(2)3)33-24(36)18-35/h6-11,13,17,19,25H,5,12,14-16,18H2,1-4H3,(H,31,37)(H,33,36)/t25-/m1/s1. The number of fused-ring (bicyclic) bond motifs is 4. The van der Waals surface area contributed by atoms with Gasteiger partial charge in [0.1, 0.15) is 24.0 Å². The van der Waals surface area contributed by atoms with Crippen LogP contribution in [0.4, 0.5) is 0 Å². The summed E-state index contributed by atoms with van der Waals surface area (Å²) < 4.78 is 19.1. The molecular formula is C29H36N6O6. The van der Waals surface area contributed by atoms with Gasteiger partial charge < -0.3 is 34.3 Å². The molecule has 3 amide bonds. The largest absolute Gasteiger partial charge is 0.493 e. The summed E-state index contributed by atoms with van der Waals surface area (Å²) in [5.74, 6) is 0.424. The molecule has 2 aromatic heterocycles. The number of pyridine rings is 1. The van der Waals surface area contributed by atoms with Crippen molar-refractivity contribution in [1.82, 2.24) is 30.1 Å². The Bertz CT molecular complexity index is 1370. The molecule has 218 valence electrons. The second kappa shape index (κ2) is 13.6. The first-order valence-corrected chi connectivity index (χ1v) is 13.6. The summed E-state index contributed by atoms with van der Waals surface area (Å²) >= 11 is 0. The maximum atomic E-state index is 13.7. The third kappa shape index (κ3) is 7.13. The molecular weight excluding hydrogens is 528 g/mol. The van der Waals surface area contributed by atoms with Gasteiger partial charge in [0.25, 0.3) is 5.91 Å². The number of hydrogen-bond donors (Lipinski definition) is 2. The Hall–Kier alpha value is -4.61. The number of nitrogens with zero attached hydrogens (tertiary/aromatic N) is 4. The van der Waals surface area contributed by atoms with Crippen LogP contribution in [0.2, 0.25) is 0 Å². The van der Waals surface area contributed by atoms with Gasteiger partial charge in [0.2, 0.25) is 17.7 Å². The average molecular weight is 565 g/mol. The molecule has 2 N–H and O–H groups in total. The number of hydrogen-bond acceptors (Lipinski definition) is 8. The number of benzene rings is 1. The molecule has 0 saturated heterocycles. The number of carbonyl (C=O) groups is 3. The van der Waals surface area contributed by atoms with Gasteiger partial charge in [-0.15, -0.1) is 0 Å². The van der Waals surface area contributed by atoms with Crippen molar-refractivity contribution in [2.24, 2.45) is 5.92 Å². The number of methoxy groups -OCH3 is 1. The lowest BCUT2D eigenvalue weighted by atomic mass is 10.0. The average Bonchev–Trinajstić information content (AvgIpc) is 3.43. The molecule has 4 rings (SSSR count). The molecule has 0 unspecified atom stereocenters. The lowest BCUT2D eigenvalue weighted by Gasteiger charge is -2.26. The second-order valence-electron chi connectivity index (χ2n) is 9.75. The number of imidazole rings is 1. The van der Waals surface area contributed by atoms with Crippen molar-refractivity contribution < 1.29 is 28.6 Å². The first-order valence-electron chi connectivity index (χ1n) is 13.6. The Kier molecular flexibility index (Phi) is 9.77. The van der Waals surface area contributed by atoms with E-state index in [0.29, 0.717) is 37.0 Å². The van der Waals surface area contributed by atoms with Crippen LogP contribution < -0.4 is 24.8 Å². The minimum Gasteiger partial charge on any atom is -0.493 e. The Labute approximate surface area is 239 Å². The first kappa shape index (κ1) is 29.4. The number of amides is 3. The Morgan fingerprint density at radius 1 is 1.17 bits per heavy atom. The van der Waals surface area contributed by atoms with E-state index in [1.165, 1.54) is 11.1 Å². The predicted molar refractivity (Wildman–Crippen MR) is 151 cm³/mol. The van der Waals surface area contributed by atoms with E-state index in [4.69, 9.17) is 14.2 Å². The molecule has 0 saturated carbocycles. The molecule has 1 aromatic carbocycles. The zero-order valence-electron chi connectivity index (χ0n) is 23.8. The number of nitrogens with one attached hydrogen (secondary N) is 2. The quantitative estimate of drug-likeness (QED) is 0.481. The Balaban J connectivity index is 1.68. The van der Waals surface area contributed by atoms with Gasteiger partial charge in [-0.25, -0.2) is 9.97 Å². The molecule has 3 aromatic rings. The molecule has 12 heteroatoms. The van der Waals surface area contributed by atoms with E-state index >= 15 is 0 Å². The summed E-state index contributed by atoms with van der Waals surface area (Å²) in [6.45, 7) is 6.43. The van der Waals surface area contributed by atoms with E-state index in [1.807, 2.05) is 36.7 Å². The molecule has 1 aliphatic heterocycles. The molecule has 3 heterocycles. The molecule has 0 fully saturated rings. The Morgan fingerprint density at radius 2 is 2.00 bits per heavy atom. The highest BCUT2D eigenvalue weighted by molar-refractivity contribution is 5.98. The normalized spacial score (nSPS) is 16.6. The minimum atomic E-state index is -0.787. The van der Waals surface area contributed by atoms with E-state index in [-0.39, 0.29) is 43.0 Å². The van der Waals surface area contributed by atoms with E-state index in [2.05, 4.69) is 20.6 Å². The number of rotatable bonds is 5. The molecule has 1 aliphatic rings. The van der Waals surface area contributed by atoms with Crippen molar-refractivity contribution in [3.8, 4) is 28.8 Å². The van der Waals surface area contributed by atoms with Gasteiger partial charge in [0, 0.05) is 37.2 Å². The summed E-state index contributed by atoms with van der Waals surface area (Å²) in [4.78, 5) is 50.0. The van der Waals surface area contributed by atoms with Crippen LogP contribution in [0.25, 0.3) is 11.4 Å². The maximum absolute atomic E-state index is 13.7. The van der Waals surface area contributed by atoms with Crippen molar-refractivity contribution in [2.75, 3.05) is 40.0 Å². The molecule has 2 bridgehead atoms. The zero-order valence-corrected chi connectivity index (χ0v) is 23.8. The van der Waals surface area contributed by atoms with Crippen molar-refractivity contribution in [1.29, 1.82) is 0 Å². The van der Waals surface area contributed by atoms with Gasteiger partial charge in [-0.2, -0.15) is 0 Å². The first-order chi connectivity index (χ1) is 19.8. The van der Waals surface area contributed by atoms with E-state index in [0.717, 1.165) is 5.56 Å². The van der Waals surface area contributed by atoms with Crippen LogP contribution in [0.1, 0.15) is 31.1 Å². The Morgan fingerprint density at radius 3 is 2.76 bits per heavy atom. The monoisotopic (exact) mass is 564 g/mol. The van der Waals surface area contributed by atoms with Crippen LogP contribution in [-0.2, 0) is 16.1 Å². The summed E-state index contributed by atoms with van der Waals surface area (Å²) in [6, 6.07) is 7.92. The van der Waals surface area contributed by atoms with Gasteiger partial charge >= 0.3 is 0 Å². The van der Waals surface area contributed by atoms with Gasteiger partial charge in [-0.05, 0) is 43.2 Å². The highest BCUT2D eigenvalue weighted by Crippen LogP contribution is 2.32. The summed E-state index contributed by atoms with van der Waals surface area (Å²) in [5.41, 5.74) is 1.01. The molecule has 12 nitrogen and oxygen atoms in total. The topological polar surface area (TPSA) is 137 Å². The molecule has 0 radical (unpaired) electrons. The van der Waals surface area contributed by atoms with Crippen LogP contribution in [0.3, 0.4) is 0 Å². The van der Waals surface area contributed by atoms with Crippen LogP contribution in [0, 0.1) is 5.92 Å². The van der Waals surface area contributed by atoms with Crippen molar-refractivity contribution in [3.05, 3.63) is 54.5 Å². The number of carbonyl (C=O) groups excluding carboxylic acids is 3. The predicted octanol–water partition coefficient (Wildman–Crippen LogP) is 2.14. The van der Waals surface area contributed by atoms with Gasteiger partial charge in [0.05, 0.1) is 26.8 Å². The van der Waals surface area contributed by atoms with Crippen LogP contribution >= 0.6 is 0 Å². The third-order valence-corrected chi connectivity index (χ3v) is 6.58. The highest BCUT2D eigenvalue weighted by atomic mass is 16.5. The fraction of sp³-hybridized carbons (Fsp3) is 0.414. The third-order valence-electron chi connectivity index (χ3n) is 6.58. The van der Waals surface area contributed by atoms with Crippen LogP contribution in [-0.4, -0.2) is 83.2 Å². The summed E-state index contributed by atoms with van der Waals surface area (Å²) in [5, 5.41) is 5.72. The fourth-order valence-corrected chi connectivity index (χ4v) is 4.51. The van der Waals surface area contributed by atoms with Gasteiger partial charge in [-0.1, -0.05) is 13.8 Å². The van der Waals surface area contributed by atoms with Crippen molar-refractivity contribution in [2.45, 2.75) is 33.4 Å². The van der Waals surface area contributed by atoms with Crippen molar-refractivity contribution in [3.63, 3.8) is 0 Å². The van der Waals surface area contributed by atoms with Crippen molar-refractivity contribution >= 4 is 17.7 Å². The van der Waals surface area contributed by atoms with Crippen LogP contribution in [0.5, 0.6) is 17.4 Å². The maximum Gasteiger partial charge on any atom is 0.259 e. The second-order valence-corrected chi connectivity index (χ2v) is 9.75.